The number of amides is 1. The van der Waals surface area contributed by atoms with Crippen molar-refractivity contribution in [1.82, 2.24) is 9.55 Å². The third-order valence-electron chi connectivity index (χ3n) is 26.6. The second-order valence-corrected chi connectivity index (χ2v) is 42.9. The predicted molar refractivity (Wildman–Crippen MR) is 524 cm³/mol. The third kappa shape index (κ3) is 42.7. The summed E-state index contributed by atoms with van der Waals surface area (Å²) in [4.78, 5) is 34.3. The van der Waals surface area contributed by atoms with Crippen molar-refractivity contribution in [1.29, 1.82) is 0 Å². The molecule has 1 saturated heterocycles. The molecule has 1 fully saturated rings. The number of ether oxygens (including phenoxy) is 7. The highest BCUT2D eigenvalue weighted by molar-refractivity contribution is 6.74. The van der Waals surface area contributed by atoms with Crippen LogP contribution >= 0.6 is 0 Å². The van der Waals surface area contributed by atoms with E-state index in [0.29, 0.717) is 54.1 Å². The van der Waals surface area contributed by atoms with E-state index in [4.69, 9.17) is 37.6 Å². The molecule has 6 rings (SSSR count). The molecule has 124 heavy (non-hydrogen) atoms. The zero-order chi connectivity index (χ0) is 88.7. The minimum atomic E-state index is -2.67. The molecule has 14 nitrogen and oxygen atoms in total. The van der Waals surface area contributed by atoms with Crippen LogP contribution in [0.3, 0.4) is 0 Å². The largest absolute Gasteiger partial charge is 0.497 e. The number of carbonyl (C=O) groups is 1. The molecule has 0 radical (unpaired) electrons. The number of anilines is 1. The van der Waals surface area contributed by atoms with Crippen LogP contribution in [0.1, 0.15) is 460 Å². The van der Waals surface area contributed by atoms with Crippen molar-refractivity contribution < 1.29 is 47.5 Å². The Labute approximate surface area is 758 Å². The zero-order valence-corrected chi connectivity index (χ0v) is 81.8. The van der Waals surface area contributed by atoms with Gasteiger partial charge >= 0.3 is 5.69 Å². The minimum Gasteiger partial charge on any atom is -0.497 e. The summed E-state index contributed by atoms with van der Waals surface area (Å²) < 4.78 is 54.3. The van der Waals surface area contributed by atoms with Gasteiger partial charge in [0, 0.05) is 11.8 Å². The number of methoxy groups -OCH3 is 2. The maximum absolute atomic E-state index is 15.0. The van der Waals surface area contributed by atoms with E-state index in [9.17, 15) is 14.7 Å². The van der Waals surface area contributed by atoms with E-state index in [1.807, 2.05) is 78.9 Å². The van der Waals surface area contributed by atoms with Crippen LogP contribution < -0.4 is 34.7 Å². The second kappa shape index (κ2) is 66.6. The van der Waals surface area contributed by atoms with E-state index < -0.39 is 50.1 Å². The van der Waals surface area contributed by atoms with Gasteiger partial charge in [-0.2, -0.15) is 4.98 Å². The molecule has 1 aliphatic heterocycles. The third-order valence-corrected chi connectivity index (χ3v) is 31.0. The summed E-state index contributed by atoms with van der Waals surface area (Å²) in [5.74, 6) is 2.47. The van der Waals surface area contributed by atoms with Gasteiger partial charge in [-0.3, -0.25) is 9.36 Å². The Bertz CT molecular complexity index is 3370. The number of aliphatic hydroxyl groups excluding tert-OH is 1. The Hall–Kier alpha value is -5.71. The van der Waals surface area contributed by atoms with Crippen LogP contribution in [0, 0.1) is 0 Å². The van der Waals surface area contributed by atoms with Crippen molar-refractivity contribution in [3.8, 4) is 28.7 Å². The second-order valence-electron chi connectivity index (χ2n) is 38.2. The first-order chi connectivity index (χ1) is 60.6. The molecule has 0 aliphatic carbocycles. The maximum atomic E-state index is 15.0. The molecule has 4 aromatic carbocycles. The van der Waals surface area contributed by atoms with Gasteiger partial charge in [0.2, 0.25) is 5.75 Å². The number of nitrogens with zero attached hydrogens (tertiary/aromatic N) is 2. The molecule has 4 atom stereocenters. The highest BCUT2D eigenvalue weighted by atomic mass is 28.4. The molecular formula is C109H181N3O11Si. The van der Waals surface area contributed by atoms with Gasteiger partial charge in [0.25, 0.3) is 5.91 Å². The van der Waals surface area contributed by atoms with Crippen LogP contribution in [0.4, 0.5) is 5.82 Å². The lowest BCUT2D eigenvalue weighted by Gasteiger charge is -2.40. The minimum absolute atomic E-state index is 0.0525. The topological polar surface area (TPSA) is 158 Å². The number of carbonyl (C=O) groups excluding carboxylic acids is 1. The lowest BCUT2D eigenvalue weighted by Crippen LogP contribution is -2.49. The summed E-state index contributed by atoms with van der Waals surface area (Å²) in [6.45, 7) is 18.9. The van der Waals surface area contributed by atoms with Gasteiger partial charge in [0.1, 0.15) is 41.2 Å². The fraction of sp³-hybridized carbons (Fsp3) is 0.734. The van der Waals surface area contributed by atoms with Crippen LogP contribution in [0.15, 0.2) is 108 Å². The first-order valence-corrected chi connectivity index (χ1v) is 54.5. The summed E-state index contributed by atoms with van der Waals surface area (Å²) >= 11 is 0. The molecule has 0 saturated carbocycles. The standard InChI is InChI=1S/C109H181N3O11Si/c1-11-14-17-20-23-26-29-32-35-38-41-44-47-50-53-56-59-62-65-71-86-118-98-89-92(90-99(119-87-72-66-63-60-57-54-51-48-45-42-39-36-33-30-27-24-21-18-15-12-2)103(98)120-88-73-67-64-61-58-55-52-49-46-43-40-37-34-31-28-25-22-19-16-13-3)105(114)110-101-84-85-112(107(115)111-101)106-104(123-124(9,10)108(4,5)6)102(113)100(122-106)91-121-109(93-74-69-68-70-75-93,94-76-80-96(116-7)81-77-94)95-78-82-97(117-8)83-79-95/h68-70,74-85,89-90,100,102,104,106,113H,11-67,71-73,86-88,91H2,1-10H3,(H,110,111,114,115)/t100-,102-,104-,106-/m1/s1. The molecule has 0 spiro atoms. The summed E-state index contributed by atoms with van der Waals surface area (Å²) in [6.07, 6.45) is 76.4. The Morgan fingerprint density at radius 2 is 0.734 bits per heavy atom. The molecule has 1 aliphatic rings. The number of hydrogen-bond acceptors (Lipinski definition) is 12. The van der Waals surface area contributed by atoms with Crippen molar-refractivity contribution in [2.24, 2.45) is 0 Å². The van der Waals surface area contributed by atoms with Gasteiger partial charge in [0.05, 0.1) is 40.6 Å². The van der Waals surface area contributed by atoms with E-state index in [1.54, 1.807) is 38.6 Å². The van der Waals surface area contributed by atoms with Gasteiger partial charge in [-0.1, -0.05) is 462 Å². The zero-order valence-electron chi connectivity index (χ0n) is 80.8. The maximum Gasteiger partial charge on any atom is 0.351 e. The lowest BCUT2D eigenvalue weighted by atomic mass is 9.80. The molecule has 1 aromatic heterocycles. The molecular weight excluding hydrogens is 1560 g/mol. The number of hydrogen-bond donors (Lipinski definition) is 2. The summed E-state index contributed by atoms with van der Waals surface area (Å²) in [5, 5.41) is 15.4. The van der Waals surface area contributed by atoms with Crippen molar-refractivity contribution in [3.05, 3.63) is 136 Å². The van der Waals surface area contributed by atoms with Crippen LogP contribution in [0.2, 0.25) is 18.1 Å². The predicted octanol–water partition coefficient (Wildman–Crippen LogP) is 31.8. The monoisotopic (exact) mass is 1740 g/mol. The van der Waals surface area contributed by atoms with Gasteiger partial charge < -0.3 is 48.0 Å². The Morgan fingerprint density at radius 1 is 0.427 bits per heavy atom. The molecule has 5 aromatic rings. The molecule has 0 bridgehead atoms. The van der Waals surface area contributed by atoms with Crippen molar-refractivity contribution >= 4 is 20.0 Å². The number of unbranched alkanes of at least 4 members (excludes halogenated alkanes) is 57. The number of rotatable bonds is 79. The first-order valence-electron chi connectivity index (χ1n) is 51.6. The van der Waals surface area contributed by atoms with Crippen LogP contribution in [-0.2, 0) is 19.5 Å². The van der Waals surface area contributed by atoms with Crippen LogP contribution in [0.5, 0.6) is 28.7 Å². The average Bonchev–Trinajstić information content (AvgIpc) is 0.825. The summed E-state index contributed by atoms with van der Waals surface area (Å²) in [5.41, 5.74) is 0.867. The number of aromatic nitrogens is 2. The van der Waals surface area contributed by atoms with Gasteiger partial charge in [-0.25, -0.2) is 4.79 Å². The van der Waals surface area contributed by atoms with E-state index in [-0.39, 0.29) is 17.5 Å². The lowest BCUT2D eigenvalue weighted by molar-refractivity contribution is -0.0956. The van der Waals surface area contributed by atoms with Crippen LogP contribution in [0.25, 0.3) is 0 Å². The molecule has 2 heterocycles. The van der Waals surface area contributed by atoms with Gasteiger partial charge in [-0.15, -0.1) is 0 Å². The number of aliphatic hydroxyl groups is 1. The highest BCUT2D eigenvalue weighted by Crippen LogP contribution is 2.46. The van der Waals surface area contributed by atoms with Gasteiger partial charge in [-0.05, 0) is 96.5 Å². The molecule has 0 unspecified atom stereocenters. The first kappa shape index (κ1) is 107. The SMILES string of the molecule is CCCCCCCCCCCCCCCCCCCCCCOc1cc(C(=O)Nc2ccn([C@@H]3O[C@H](COC(c4ccccc4)(c4ccc(OC)cc4)c4ccc(OC)cc4)[C@@H](O)[C@H]3O[Si](C)(C)C(C)(C)C)c(=O)n2)cc(OCCCCCCCCCCCCCCCCCCCCCC)c1OCCCCCCCCCCCCCCCCCCCCCC. The normalized spacial score (nSPS) is 15.0. The molecule has 1 amide bonds. The Balaban J connectivity index is 1.14. The van der Waals surface area contributed by atoms with Crippen LogP contribution in [-0.4, -0.2) is 87.8 Å². The van der Waals surface area contributed by atoms with Gasteiger partial charge in [0.15, 0.2) is 26.0 Å². The summed E-state index contributed by atoms with van der Waals surface area (Å²) in [7, 11) is 0.613. The smallest absolute Gasteiger partial charge is 0.351 e. The van der Waals surface area contributed by atoms with E-state index >= 15 is 0 Å². The molecule has 2 N–H and O–H groups in total. The van der Waals surface area contributed by atoms with E-state index in [2.05, 4.69) is 64.9 Å². The highest BCUT2D eigenvalue weighted by Gasteiger charge is 2.52. The number of benzene rings is 4. The van der Waals surface area contributed by atoms with E-state index in [1.165, 1.54) is 338 Å². The average molecular weight is 1740 g/mol. The molecule has 702 valence electrons. The van der Waals surface area contributed by atoms with E-state index in [0.717, 1.165) is 68.1 Å². The van der Waals surface area contributed by atoms with Crippen molar-refractivity contribution in [2.75, 3.05) is 46.0 Å². The fourth-order valence-electron chi connectivity index (χ4n) is 17.5. The van der Waals surface area contributed by atoms with Crippen molar-refractivity contribution in [3.63, 3.8) is 0 Å². The Kier molecular flexibility index (Phi) is 57.5. The number of nitrogens with one attached hydrogen (secondary N) is 1. The fourth-order valence-corrected chi connectivity index (χ4v) is 18.8. The quantitative estimate of drug-likeness (QED) is 0.0216. The Morgan fingerprint density at radius 3 is 1.04 bits per heavy atom. The molecule has 15 heteroatoms. The summed E-state index contributed by atoms with van der Waals surface area (Å²) in [6, 6.07) is 30.7. The van der Waals surface area contributed by atoms with Crippen molar-refractivity contribution in [2.45, 2.75) is 475 Å².